The summed E-state index contributed by atoms with van der Waals surface area (Å²) in [6.07, 6.45) is 4.76. The zero-order chi connectivity index (χ0) is 13.0. The molecular weight excluding hydrogens is 230 g/mol. The lowest BCUT2D eigenvalue weighted by Crippen LogP contribution is -2.44. The first kappa shape index (κ1) is 13.0. The number of hydrazine groups is 1. The Morgan fingerprint density at radius 2 is 2.11 bits per heavy atom. The second kappa shape index (κ2) is 5.49. The predicted octanol–water partition coefficient (Wildman–Crippen LogP) is 1.65. The van der Waals surface area contributed by atoms with Crippen LogP contribution in [0.5, 0.6) is 0 Å². The van der Waals surface area contributed by atoms with Crippen LogP contribution in [0.3, 0.4) is 0 Å². The molecule has 0 unspecified atom stereocenters. The van der Waals surface area contributed by atoms with Gasteiger partial charge in [0.2, 0.25) is 0 Å². The number of hydrogen-bond acceptors (Lipinski definition) is 6. The first-order valence-corrected chi connectivity index (χ1v) is 6.33. The molecular formula is C12H21N5O. The Hall–Kier alpha value is -1.40. The maximum absolute atomic E-state index is 5.42. The Kier molecular flexibility index (Phi) is 3.98. The lowest BCUT2D eigenvalue weighted by atomic mass is 9.75. The number of ether oxygens (including phenoxy) is 1. The molecule has 6 heteroatoms. The van der Waals surface area contributed by atoms with E-state index >= 15 is 0 Å². The van der Waals surface area contributed by atoms with Crippen molar-refractivity contribution >= 4 is 11.6 Å². The second-order valence-corrected chi connectivity index (χ2v) is 4.74. The monoisotopic (exact) mass is 251 g/mol. The first-order valence-electron chi connectivity index (χ1n) is 6.33. The van der Waals surface area contributed by atoms with Crippen LogP contribution in [0, 0.1) is 0 Å². The Morgan fingerprint density at radius 1 is 1.39 bits per heavy atom. The van der Waals surface area contributed by atoms with Gasteiger partial charge in [0.25, 0.3) is 0 Å². The standard InChI is InChI=1S/C12H21N5O/c1-3-12(5-4-6-12)16-9-7-10(17-13)15-11(14-9)8-18-2/h7H,3-6,8,13H2,1-2H3,(H2,14,15,16,17). The van der Waals surface area contributed by atoms with Gasteiger partial charge < -0.3 is 15.5 Å². The minimum absolute atomic E-state index is 0.199. The Labute approximate surface area is 107 Å². The van der Waals surface area contributed by atoms with Gasteiger partial charge in [0, 0.05) is 18.7 Å². The molecule has 0 aromatic carbocycles. The summed E-state index contributed by atoms with van der Waals surface area (Å²) in [5.41, 5.74) is 2.76. The van der Waals surface area contributed by atoms with E-state index in [1.807, 2.05) is 6.07 Å². The zero-order valence-electron chi connectivity index (χ0n) is 11.0. The molecule has 1 fully saturated rings. The molecule has 0 radical (unpaired) electrons. The number of nitrogens with one attached hydrogen (secondary N) is 2. The highest BCUT2D eigenvalue weighted by Gasteiger charge is 2.35. The van der Waals surface area contributed by atoms with E-state index in [-0.39, 0.29) is 5.54 Å². The molecule has 0 atom stereocenters. The van der Waals surface area contributed by atoms with Crippen molar-refractivity contribution in [2.45, 2.75) is 44.8 Å². The molecule has 18 heavy (non-hydrogen) atoms. The van der Waals surface area contributed by atoms with E-state index in [1.165, 1.54) is 19.3 Å². The maximum atomic E-state index is 5.42. The van der Waals surface area contributed by atoms with Crippen LogP contribution < -0.4 is 16.6 Å². The molecule has 6 nitrogen and oxygen atoms in total. The van der Waals surface area contributed by atoms with E-state index in [4.69, 9.17) is 10.6 Å². The van der Waals surface area contributed by atoms with Gasteiger partial charge >= 0.3 is 0 Å². The van der Waals surface area contributed by atoms with Gasteiger partial charge in [-0.25, -0.2) is 15.8 Å². The molecule has 100 valence electrons. The fourth-order valence-electron chi connectivity index (χ4n) is 2.27. The van der Waals surface area contributed by atoms with E-state index in [0.717, 1.165) is 12.2 Å². The van der Waals surface area contributed by atoms with Gasteiger partial charge in [-0.2, -0.15) is 0 Å². The third-order valence-electron chi connectivity index (χ3n) is 3.57. The molecule has 1 aromatic heterocycles. The average Bonchev–Trinajstić information content (AvgIpc) is 2.34. The summed E-state index contributed by atoms with van der Waals surface area (Å²) >= 11 is 0. The topological polar surface area (TPSA) is 85.1 Å². The molecule has 0 aliphatic heterocycles. The lowest BCUT2D eigenvalue weighted by Gasteiger charge is -2.42. The van der Waals surface area contributed by atoms with Gasteiger partial charge in [-0.15, -0.1) is 0 Å². The number of nitrogens with two attached hydrogens (primary N) is 1. The number of methoxy groups -OCH3 is 1. The first-order chi connectivity index (χ1) is 8.71. The van der Waals surface area contributed by atoms with E-state index in [2.05, 4.69) is 27.6 Å². The van der Waals surface area contributed by atoms with E-state index in [1.54, 1.807) is 7.11 Å². The van der Waals surface area contributed by atoms with Crippen LogP contribution in [0.25, 0.3) is 0 Å². The second-order valence-electron chi connectivity index (χ2n) is 4.74. The van der Waals surface area contributed by atoms with Crippen molar-refractivity contribution in [1.82, 2.24) is 9.97 Å². The molecule has 1 aliphatic carbocycles. The molecule has 0 amide bonds. The Bertz CT molecular complexity index is 400. The van der Waals surface area contributed by atoms with E-state index in [0.29, 0.717) is 18.2 Å². The van der Waals surface area contributed by atoms with Crippen molar-refractivity contribution in [3.8, 4) is 0 Å². The molecule has 0 saturated heterocycles. The van der Waals surface area contributed by atoms with Gasteiger partial charge in [0.1, 0.15) is 18.2 Å². The summed E-state index contributed by atoms with van der Waals surface area (Å²) in [5.74, 6) is 7.46. The van der Waals surface area contributed by atoms with Gasteiger partial charge in [0.15, 0.2) is 5.82 Å². The summed E-state index contributed by atoms with van der Waals surface area (Å²) in [6, 6.07) is 1.83. The third-order valence-corrected chi connectivity index (χ3v) is 3.57. The highest BCUT2D eigenvalue weighted by molar-refractivity contribution is 5.48. The minimum atomic E-state index is 0.199. The number of hydrogen-bond donors (Lipinski definition) is 3. The number of nitrogens with zero attached hydrogens (tertiary/aromatic N) is 2. The van der Waals surface area contributed by atoms with Crippen LogP contribution in [0.15, 0.2) is 6.07 Å². The summed E-state index contributed by atoms with van der Waals surface area (Å²) in [7, 11) is 1.62. The van der Waals surface area contributed by atoms with E-state index in [9.17, 15) is 0 Å². The molecule has 4 N–H and O–H groups in total. The van der Waals surface area contributed by atoms with Gasteiger partial charge in [0.05, 0.1) is 0 Å². The highest BCUT2D eigenvalue weighted by atomic mass is 16.5. The quantitative estimate of drug-likeness (QED) is 0.526. The van der Waals surface area contributed by atoms with Crippen LogP contribution in [0.4, 0.5) is 11.6 Å². The fraction of sp³-hybridized carbons (Fsp3) is 0.667. The van der Waals surface area contributed by atoms with Crippen molar-refractivity contribution in [2.75, 3.05) is 17.9 Å². The third kappa shape index (κ3) is 2.70. The molecule has 0 bridgehead atoms. The summed E-state index contributed by atoms with van der Waals surface area (Å²) in [5, 5.41) is 3.51. The van der Waals surface area contributed by atoms with Crippen molar-refractivity contribution in [1.29, 1.82) is 0 Å². The van der Waals surface area contributed by atoms with E-state index < -0.39 is 0 Å². The van der Waals surface area contributed by atoms with Gasteiger partial charge in [-0.3, -0.25) is 0 Å². The zero-order valence-corrected chi connectivity index (χ0v) is 11.0. The van der Waals surface area contributed by atoms with Gasteiger partial charge in [-0.1, -0.05) is 6.92 Å². The molecule has 1 aromatic rings. The van der Waals surface area contributed by atoms with Crippen molar-refractivity contribution in [3.05, 3.63) is 11.9 Å². The number of rotatable bonds is 6. The van der Waals surface area contributed by atoms with Crippen LogP contribution in [0.2, 0.25) is 0 Å². The van der Waals surface area contributed by atoms with Crippen molar-refractivity contribution < 1.29 is 4.74 Å². The van der Waals surface area contributed by atoms with Crippen LogP contribution in [-0.2, 0) is 11.3 Å². The van der Waals surface area contributed by atoms with Crippen molar-refractivity contribution in [2.24, 2.45) is 5.84 Å². The molecule has 0 spiro atoms. The molecule has 1 heterocycles. The molecule has 1 saturated carbocycles. The maximum Gasteiger partial charge on any atom is 0.158 e. The predicted molar refractivity (Wildman–Crippen MR) is 71.1 cm³/mol. The molecule has 2 rings (SSSR count). The SMILES string of the molecule is CCC1(Nc2cc(NN)nc(COC)n2)CCC1. The lowest BCUT2D eigenvalue weighted by molar-refractivity contribution is 0.178. The average molecular weight is 251 g/mol. The number of aromatic nitrogens is 2. The number of nitrogen functional groups attached to an aromatic ring is 1. The summed E-state index contributed by atoms with van der Waals surface area (Å²) in [4.78, 5) is 8.67. The fourth-order valence-corrected chi connectivity index (χ4v) is 2.27. The van der Waals surface area contributed by atoms with Crippen LogP contribution in [0.1, 0.15) is 38.4 Å². The number of anilines is 2. The highest BCUT2D eigenvalue weighted by Crippen LogP contribution is 2.37. The van der Waals surface area contributed by atoms with Gasteiger partial charge in [-0.05, 0) is 25.7 Å². The van der Waals surface area contributed by atoms with Crippen LogP contribution >= 0.6 is 0 Å². The largest absolute Gasteiger partial charge is 0.377 e. The Balaban J connectivity index is 2.18. The summed E-state index contributed by atoms with van der Waals surface area (Å²) < 4.78 is 5.06. The normalized spacial score (nSPS) is 17.1. The smallest absolute Gasteiger partial charge is 0.158 e. The molecule has 1 aliphatic rings. The van der Waals surface area contributed by atoms with Crippen LogP contribution in [-0.4, -0.2) is 22.6 Å². The minimum Gasteiger partial charge on any atom is -0.377 e. The summed E-state index contributed by atoms with van der Waals surface area (Å²) in [6.45, 7) is 2.58. The Morgan fingerprint density at radius 3 is 2.61 bits per heavy atom. The van der Waals surface area contributed by atoms with Crippen molar-refractivity contribution in [3.63, 3.8) is 0 Å².